The number of rotatable bonds is 4. The van der Waals surface area contributed by atoms with E-state index in [-0.39, 0.29) is 0 Å². The van der Waals surface area contributed by atoms with Crippen molar-refractivity contribution in [1.29, 1.82) is 0 Å². The second-order valence-electron chi connectivity index (χ2n) is 2.68. The third-order valence-corrected chi connectivity index (χ3v) is 2.01. The standard InChI is InChI=1S/C9H13BrN2/c1-12-8-9(7-11-12)5-3-2-4-6-10/h2-3,7-8H,4-6H2,1H3. The van der Waals surface area contributed by atoms with Crippen LogP contribution in [0.15, 0.2) is 24.5 Å². The predicted octanol–water partition coefficient (Wildman–Crippen LogP) is 2.30. The van der Waals surface area contributed by atoms with Gasteiger partial charge in [-0.3, -0.25) is 4.68 Å². The fourth-order valence-electron chi connectivity index (χ4n) is 0.978. The van der Waals surface area contributed by atoms with Crippen LogP contribution in [-0.4, -0.2) is 15.1 Å². The number of alkyl halides is 1. The topological polar surface area (TPSA) is 17.8 Å². The van der Waals surface area contributed by atoms with Crippen molar-refractivity contribution in [2.45, 2.75) is 12.8 Å². The number of aromatic nitrogens is 2. The van der Waals surface area contributed by atoms with Crippen LogP contribution < -0.4 is 0 Å². The van der Waals surface area contributed by atoms with E-state index in [4.69, 9.17) is 0 Å². The van der Waals surface area contributed by atoms with Gasteiger partial charge in [0.25, 0.3) is 0 Å². The summed E-state index contributed by atoms with van der Waals surface area (Å²) in [6.07, 6.45) is 10.4. The lowest BCUT2D eigenvalue weighted by Gasteiger charge is -1.87. The molecule has 0 amide bonds. The number of allylic oxidation sites excluding steroid dienone is 2. The van der Waals surface area contributed by atoms with Crippen LogP contribution in [0.25, 0.3) is 0 Å². The first kappa shape index (κ1) is 9.52. The molecule has 0 bridgehead atoms. The van der Waals surface area contributed by atoms with Crippen molar-refractivity contribution in [2.24, 2.45) is 7.05 Å². The van der Waals surface area contributed by atoms with Crippen LogP contribution >= 0.6 is 15.9 Å². The van der Waals surface area contributed by atoms with Gasteiger partial charge in [-0.25, -0.2) is 0 Å². The van der Waals surface area contributed by atoms with Gasteiger partial charge in [0.2, 0.25) is 0 Å². The summed E-state index contributed by atoms with van der Waals surface area (Å²) in [6, 6.07) is 0. The summed E-state index contributed by atoms with van der Waals surface area (Å²) in [7, 11) is 1.94. The summed E-state index contributed by atoms with van der Waals surface area (Å²) in [5.41, 5.74) is 1.27. The minimum Gasteiger partial charge on any atom is -0.276 e. The minimum absolute atomic E-state index is 0.987. The largest absolute Gasteiger partial charge is 0.276 e. The maximum absolute atomic E-state index is 4.09. The molecule has 0 unspecified atom stereocenters. The van der Waals surface area contributed by atoms with E-state index in [0.29, 0.717) is 0 Å². The number of halogens is 1. The molecule has 0 N–H and O–H groups in total. The van der Waals surface area contributed by atoms with Gasteiger partial charge in [0.05, 0.1) is 6.20 Å². The van der Waals surface area contributed by atoms with Gasteiger partial charge < -0.3 is 0 Å². The number of aryl methyl sites for hydroxylation is 1. The Morgan fingerprint density at radius 3 is 3.00 bits per heavy atom. The van der Waals surface area contributed by atoms with Crippen LogP contribution in [0, 0.1) is 0 Å². The summed E-state index contributed by atoms with van der Waals surface area (Å²) in [5, 5.41) is 5.13. The van der Waals surface area contributed by atoms with Crippen molar-refractivity contribution in [3.63, 3.8) is 0 Å². The number of hydrogen-bond acceptors (Lipinski definition) is 1. The maximum Gasteiger partial charge on any atom is 0.0524 e. The predicted molar refractivity (Wildman–Crippen MR) is 54.5 cm³/mol. The van der Waals surface area contributed by atoms with Crippen molar-refractivity contribution in [1.82, 2.24) is 9.78 Å². The molecule has 0 atom stereocenters. The number of nitrogens with zero attached hydrogens (tertiary/aromatic N) is 2. The fraction of sp³-hybridized carbons (Fsp3) is 0.444. The van der Waals surface area contributed by atoms with Gasteiger partial charge in [0.15, 0.2) is 0 Å². The summed E-state index contributed by atoms with van der Waals surface area (Å²) in [4.78, 5) is 0. The highest BCUT2D eigenvalue weighted by atomic mass is 79.9. The highest BCUT2D eigenvalue weighted by Gasteiger charge is 1.90. The Hall–Kier alpha value is -0.570. The average molecular weight is 229 g/mol. The highest BCUT2D eigenvalue weighted by Crippen LogP contribution is 1.99. The molecule has 2 nitrogen and oxygen atoms in total. The third-order valence-electron chi connectivity index (χ3n) is 1.55. The molecule has 0 saturated heterocycles. The second kappa shape index (κ2) is 5.14. The molecule has 0 aliphatic rings. The normalized spacial score (nSPS) is 11.2. The van der Waals surface area contributed by atoms with E-state index < -0.39 is 0 Å². The Bertz CT molecular complexity index is 253. The fourth-order valence-corrected chi connectivity index (χ4v) is 1.24. The molecular formula is C9H13BrN2. The lowest BCUT2D eigenvalue weighted by Crippen LogP contribution is -1.84. The first-order chi connectivity index (χ1) is 5.83. The van der Waals surface area contributed by atoms with Crippen molar-refractivity contribution >= 4 is 15.9 Å². The summed E-state index contributed by atoms with van der Waals surface area (Å²) >= 11 is 3.37. The Morgan fingerprint density at radius 1 is 1.58 bits per heavy atom. The zero-order valence-corrected chi connectivity index (χ0v) is 8.79. The quantitative estimate of drug-likeness (QED) is 0.572. The van der Waals surface area contributed by atoms with Crippen molar-refractivity contribution in [3.8, 4) is 0 Å². The molecule has 0 aliphatic heterocycles. The molecule has 0 fully saturated rings. The second-order valence-corrected chi connectivity index (χ2v) is 3.47. The van der Waals surface area contributed by atoms with Crippen LogP contribution in [0.2, 0.25) is 0 Å². The Labute approximate surface area is 81.4 Å². The van der Waals surface area contributed by atoms with E-state index >= 15 is 0 Å². The molecule has 0 aromatic carbocycles. The van der Waals surface area contributed by atoms with Gasteiger partial charge in [-0.2, -0.15) is 5.10 Å². The van der Waals surface area contributed by atoms with E-state index in [1.54, 1.807) is 0 Å². The van der Waals surface area contributed by atoms with Crippen molar-refractivity contribution < 1.29 is 0 Å². The maximum atomic E-state index is 4.09. The molecule has 0 saturated carbocycles. The number of hydrogen-bond donors (Lipinski definition) is 0. The monoisotopic (exact) mass is 228 g/mol. The molecular weight excluding hydrogens is 216 g/mol. The summed E-state index contributed by atoms with van der Waals surface area (Å²) in [5.74, 6) is 0. The molecule has 1 aromatic rings. The lowest BCUT2D eigenvalue weighted by atomic mass is 10.2. The van der Waals surface area contributed by atoms with Gasteiger partial charge >= 0.3 is 0 Å². The molecule has 0 spiro atoms. The van der Waals surface area contributed by atoms with E-state index in [0.717, 1.165) is 18.2 Å². The Balaban J connectivity index is 2.33. The smallest absolute Gasteiger partial charge is 0.0524 e. The zero-order chi connectivity index (χ0) is 8.81. The van der Waals surface area contributed by atoms with E-state index in [2.05, 4.69) is 33.2 Å². The molecule has 3 heteroatoms. The Morgan fingerprint density at radius 2 is 2.42 bits per heavy atom. The average Bonchev–Trinajstić information content (AvgIpc) is 2.45. The minimum atomic E-state index is 0.987. The van der Waals surface area contributed by atoms with Crippen LogP contribution in [0.3, 0.4) is 0 Å². The van der Waals surface area contributed by atoms with Crippen LogP contribution in [0.4, 0.5) is 0 Å². The highest BCUT2D eigenvalue weighted by molar-refractivity contribution is 9.09. The van der Waals surface area contributed by atoms with Gasteiger partial charge in [0.1, 0.15) is 0 Å². The van der Waals surface area contributed by atoms with Crippen molar-refractivity contribution in [3.05, 3.63) is 30.1 Å². The van der Waals surface area contributed by atoms with E-state index in [1.165, 1.54) is 5.56 Å². The summed E-state index contributed by atoms with van der Waals surface area (Å²) < 4.78 is 1.83. The zero-order valence-electron chi connectivity index (χ0n) is 7.20. The molecule has 1 rings (SSSR count). The van der Waals surface area contributed by atoms with Crippen LogP contribution in [0.1, 0.15) is 12.0 Å². The first-order valence-corrected chi connectivity index (χ1v) is 5.13. The SMILES string of the molecule is Cn1cc(CC=CCCBr)cn1. The molecule has 12 heavy (non-hydrogen) atoms. The summed E-state index contributed by atoms with van der Waals surface area (Å²) in [6.45, 7) is 0. The molecule has 0 radical (unpaired) electrons. The van der Waals surface area contributed by atoms with Gasteiger partial charge in [-0.15, -0.1) is 0 Å². The molecule has 1 heterocycles. The first-order valence-electron chi connectivity index (χ1n) is 4.01. The third kappa shape index (κ3) is 3.22. The van der Waals surface area contributed by atoms with Crippen molar-refractivity contribution in [2.75, 3.05) is 5.33 Å². The van der Waals surface area contributed by atoms with E-state index in [1.807, 2.05) is 24.1 Å². The van der Waals surface area contributed by atoms with E-state index in [9.17, 15) is 0 Å². The molecule has 1 aromatic heterocycles. The molecule has 0 aliphatic carbocycles. The van der Waals surface area contributed by atoms with Gasteiger partial charge in [-0.05, 0) is 18.4 Å². The van der Waals surface area contributed by atoms with Gasteiger partial charge in [-0.1, -0.05) is 28.1 Å². The van der Waals surface area contributed by atoms with Crippen LogP contribution in [0.5, 0.6) is 0 Å². The van der Waals surface area contributed by atoms with Gasteiger partial charge in [0, 0.05) is 18.6 Å². The van der Waals surface area contributed by atoms with Crippen LogP contribution in [-0.2, 0) is 13.5 Å². The lowest BCUT2D eigenvalue weighted by molar-refractivity contribution is 0.767. The molecule has 66 valence electrons. The Kier molecular flexibility index (Phi) is 4.08.